The number of hydrogen-bond donors (Lipinski definition) is 3. The van der Waals surface area contributed by atoms with Crippen molar-refractivity contribution >= 4 is 22.4 Å². The maximum atomic E-state index is 11.4. The van der Waals surface area contributed by atoms with Crippen molar-refractivity contribution in [1.29, 1.82) is 0 Å². The number of rotatable bonds is 4. The standard InChI is InChI=1S/C8H15N3O7S/c1-17-8(13)11(18-19(14,15)16)5-2-3-6(7(9)12)10-4-5/h5-6,10H,2-4H2,1H3,(H2,9,12)(H,14,15,16)/t5-,6+/m1/s1. The van der Waals surface area contributed by atoms with Crippen LogP contribution < -0.4 is 11.1 Å². The molecule has 0 aromatic rings. The Kier molecular flexibility index (Phi) is 5.05. The molecule has 0 aliphatic carbocycles. The van der Waals surface area contributed by atoms with Crippen molar-refractivity contribution in [3.63, 3.8) is 0 Å². The van der Waals surface area contributed by atoms with Crippen molar-refractivity contribution < 1.29 is 31.6 Å². The van der Waals surface area contributed by atoms with Gasteiger partial charge in [-0.25, -0.2) is 4.79 Å². The lowest BCUT2D eigenvalue weighted by Gasteiger charge is -2.33. The van der Waals surface area contributed by atoms with Gasteiger partial charge >= 0.3 is 16.5 Å². The van der Waals surface area contributed by atoms with Gasteiger partial charge < -0.3 is 15.8 Å². The summed E-state index contributed by atoms with van der Waals surface area (Å²) in [6.45, 7) is 0.0677. The molecule has 0 unspecified atom stereocenters. The average molecular weight is 297 g/mol. The molecule has 2 amide bonds. The van der Waals surface area contributed by atoms with Crippen LogP contribution in [0.4, 0.5) is 4.79 Å². The summed E-state index contributed by atoms with van der Waals surface area (Å²) in [6.07, 6.45) is -0.532. The second-order valence-corrected chi connectivity index (χ2v) is 4.90. The predicted octanol–water partition coefficient (Wildman–Crippen LogP) is -1.60. The molecule has 0 bridgehead atoms. The molecule has 1 saturated heterocycles. The third kappa shape index (κ3) is 4.63. The van der Waals surface area contributed by atoms with Crippen LogP contribution in [-0.4, -0.2) is 55.8 Å². The summed E-state index contributed by atoms with van der Waals surface area (Å²) in [6, 6.07) is -1.27. The quantitative estimate of drug-likeness (QED) is 0.415. The van der Waals surface area contributed by atoms with Crippen LogP contribution in [0.5, 0.6) is 0 Å². The van der Waals surface area contributed by atoms with E-state index in [1.807, 2.05) is 0 Å². The third-order valence-corrected chi connectivity index (χ3v) is 2.94. The smallest absolute Gasteiger partial charge is 0.435 e. The lowest BCUT2D eigenvalue weighted by molar-refractivity contribution is -0.122. The molecular weight excluding hydrogens is 282 g/mol. The predicted molar refractivity (Wildman–Crippen MR) is 60.9 cm³/mol. The van der Waals surface area contributed by atoms with Gasteiger partial charge in [0.05, 0.1) is 19.2 Å². The Morgan fingerprint density at radius 2 is 2.05 bits per heavy atom. The molecule has 10 nitrogen and oxygen atoms in total. The highest BCUT2D eigenvalue weighted by atomic mass is 32.3. The van der Waals surface area contributed by atoms with E-state index in [-0.39, 0.29) is 13.0 Å². The fraction of sp³-hybridized carbons (Fsp3) is 0.750. The number of piperidine rings is 1. The highest BCUT2D eigenvalue weighted by Gasteiger charge is 2.34. The zero-order chi connectivity index (χ0) is 14.6. The molecule has 1 aliphatic heterocycles. The molecule has 0 aromatic heterocycles. The minimum absolute atomic E-state index is 0.0677. The first-order chi connectivity index (χ1) is 8.74. The summed E-state index contributed by atoms with van der Waals surface area (Å²) in [5.74, 6) is -0.543. The maximum Gasteiger partial charge on any atom is 0.435 e. The van der Waals surface area contributed by atoms with E-state index in [1.165, 1.54) is 0 Å². The summed E-state index contributed by atoms with van der Waals surface area (Å²) in [5, 5.41) is 3.14. The first kappa shape index (κ1) is 15.6. The Hall–Kier alpha value is -1.43. The Morgan fingerprint density at radius 3 is 2.42 bits per heavy atom. The zero-order valence-electron chi connectivity index (χ0n) is 10.1. The van der Waals surface area contributed by atoms with Gasteiger partial charge in [-0.1, -0.05) is 0 Å². The van der Waals surface area contributed by atoms with Gasteiger partial charge in [0.25, 0.3) is 0 Å². The van der Waals surface area contributed by atoms with E-state index in [0.29, 0.717) is 11.5 Å². The average Bonchev–Trinajstić information content (AvgIpc) is 2.34. The Morgan fingerprint density at radius 1 is 1.42 bits per heavy atom. The summed E-state index contributed by atoms with van der Waals surface area (Å²) in [7, 11) is -3.82. The molecule has 0 radical (unpaired) electrons. The van der Waals surface area contributed by atoms with Gasteiger partial charge in [-0.2, -0.15) is 13.5 Å². The molecule has 110 valence electrons. The maximum absolute atomic E-state index is 11.4. The van der Waals surface area contributed by atoms with Crippen LogP contribution in [0.2, 0.25) is 0 Å². The fourth-order valence-corrected chi connectivity index (χ4v) is 2.10. The molecule has 0 aromatic carbocycles. The molecule has 1 fully saturated rings. The molecule has 1 aliphatic rings. The Bertz CT molecular complexity index is 443. The highest BCUT2D eigenvalue weighted by Crippen LogP contribution is 2.16. The number of carbonyl (C=O) groups excluding carboxylic acids is 2. The minimum Gasteiger partial charge on any atom is -0.451 e. The van der Waals surface area contributed by atoms with E-state index in [0.717, 1.165) is 7.11 Å². The number of carbonyl (C=O) groups is 2. The molecule has 1 heterocycles. The van der Waals surface area contributed by atoms with Gasteiger partial charge in [0.2, 0.25) is 5.91 Å². The molecule has 1 rings (SSSR count). The first-order valence-electron chi connectivity index (χ1n) is 5.31. The fourth-order valence-electron chi connectivity index (χ4n) is 1.72. The van der Waals surface area contributed by atoms with Crippen LogP contribution in [-0.2, 0) is 24.2 Å². The van der Waals surface area contributed by atoms with Crippen molar-refractivity contribution in [1.82, 2.24) is 10.4 Å². The monoisotopic (exact) mass is 297 g/mol. The number of amides is 2. The van der Waals surface area contributed by atoms with Gasteiger partial charge in [-0.15, -0.1) is 4.28 Å². The van der Waals surface area contributed by atoms with E-state index in [2.05, 4.69) is 14.3 Å². The minimum atomic E-state index is -4.85. The highest BCUT2D eigenvalue weighted by molar-refractivity contribution is 7.80. The summed E-state index contributed by atoms with van der Waals surface area (Å²) >= 11 is 0. The van der Waals surface area contributed by atoms with Gasteiger partial charge in [0.15, 0.2) is 0 Å². The van der Waals surface area contributed by atoms with Crippen LogP contribution in [0.25, 0.3) is 0 Å². The normalized spacial score (nSPS) is 23.7. The van der Waals surface area contributed by atoms with Crippen molar-refractivity contribution in [2.24, 2.45) is 5.73 Å². The SMILES string of the molecule is COC(=O)N(OS(=O)(=O)O)[C@@H]1CC[C@@H](C(N)=O)NC1. The summed E-state index contributed by atoms with van der Waals surface area (Å²) < 4.78 is 38.5. The number of nitrogens with one attached hydrogen (secondary N) is 1. The molecule has 2 atom stereocenters. The summed E-state index contributed by atoms with van der Waals surface area (Å²) in [4.78, 5) is 22.3. The molecule has 0 spiro atoms. The van der Waals surface area contributed by atoms with Crippen LogP contribution in [0, 0.1) is 0 Å². The van der Waals surface area contributed by atoms with E-state index < -0.39 is 34.5 Å². The number of ether oxygens (including phenoxy) is 1. The van der Waals surface area contributed by atoms with E-state index >= 15 is 0 Å². The van der Waals surface area contributed by atoms with Crippen LogP contribution in [0.15, 0.2) is 0 Å². The molecule has 19 heavy (non-hydrogen) atoms. The zero-order valence-corrected chi connectivity index (χ0v) is 10.9. The Balaban J connectivity index is 2.73. The van der Waals surface area contributed by atoms with Crippen molar-refractivity contribution in [2.45, 2.75) is 24.9 Å². The number of hydroxylamine groups is 2. The number of hydrogen-bond acceptors (Lipinski definition) is 7. The van der Waals surface area contributed by atoms with Gasteiger partial charge in [-0.05, 0) is 12.8 Å². The van der Waals surface area contributed by atoms with E-state index in [1.54, 1.807) is 0 Å². The summed E-state index contributed by atoms with van der Waals surface area (Å²) in [5.41, 5.74) is 5.10. The molecule has 11 heteroatoms. The lowest BCUT2D eigenvalue weighted by atomic mass is 10.0. The van der Waals surface area contributed by atoms with Crippen molar-refractivity contribution in [3.05, 3.63) is 0 Å². The molecular formula is C8H15N3O7S. The lowest BCUT2D eigenvalue weighted by Crippen LogP contribution is -2.55. The van der Waals surface area contributed by atoms with Crippen LogP contribution >= 0.6 is 0 Å². The van der Waals surface area contributed by atoms with Crippen LogP contribution in [0.3, 0.4) is 0 Å². The number of nitrogens with zero attached hydrogens (tertiary/aromatic N) is 1. The van der Waals surface area contributed by atoms with Crippen LogP contribution in [0.1, 0.15) is 12.8 Å². The number of methoxy groups -OCH3 is 1. The number of nitrogens with two attached hydrogens (primary N) is 1. The first-order valence-corrected chi connectivity index (χ1v) is 6.68. The number of primary amides is 1. The van der Waals surface area contributed by atoms with Gasteiger partial charge in [0.1, 0.15) is 0 Å². The van der Waals surface area contributed by atoms with E-state index in [9.17, 15) is 18.0 Å². The van der Waals surface area contributed by atoms with Gasteiger partial charge in [-0.3, -0.25) is 9.35 Å². The molecule has 4 N–H and O–H groups in total. The van der Waals surface area contributed by atoms with E-state index in [4.69, 9.17) is 10.3 Å². The third-order valence-electron chi connectivity index (χ3n) is 2.59. The van der Waals surface area contributed by atoms with Crippen molar-refractivity contribution in [2.75, 3.05) is 13.7 Å². The van der Waals surface area contributed by atoms with Crippen molar-refractivity contribution in [3.8, 4) is 0 Å². The topological polar surface area (TPSA) is 148 Å². The second kappa shape index (κ2) is 6.14. The van der Waals surface area contributed by atoms with Gasteiger partial charge in [0, 0.05) is 6.54 Å². The Labute approximate surface area is 109 Å². The largest absolute Gasteiger partial charge is 0.451 e. The second-order valence-electron chi connectivity index (χ2n) is 3.89. The molecule has 0 saturated carbocycles.